The fraction of sp³-hybridized carbons (Fsp3) is 0.333. The number of aromatic nitrogens is 1. The molecule has 1 amide bonds. The molecule has 0 bridgehead atoms. The van der Waals surface area contributed by atoms with E-state index in [1.54, 1.807) is 18.3 Å². The zero-order valence-electron chi connectivity index (χ0n) is 13.8. The van der Waals surface area contributed by atoms with Crippen LogP contribution in [0.15, 0.2) is 36.5 Å². The molecular formula is C18H21Cl2N3O. The van der Waals surface area contributed by atoms with Gasteiger partial charge >= 0.3 is 0 Å². The number of nitrogens with one attached hydrogen (secondary N) is 2. The summed E-state index contributed by atoms with van der Waals surface area (Å²) in [4.78, 5) is 16.2. The summed E-state index contributed by atoms with van der Waals surface area (Å²) >= 11 is 12.1. The highest BCUT2D eigenvalue weighted by atomic mass is 35.5. The molecular weight excluding hydrogens is 345 g/mol. The smallest absolute Gasteiger partial charge is 0.269 e. The topological polar surface area (TPSA) is 54.0 Å². The summed E-state index contributed by atoms with van der Waals surface area (Å²) in [5.74, 6) is 0.243. The number of pyridine rings is 1. The van der Waals surface area contributed by atoms with Gasteiger partial charge in [-0.2, -0.15) is 0 Å². The molecule has 0 saturated carbocycles. The molecule has 1 heterocycles. The van der Waals surface area contributed by atoms with Crippen molar-refractivity contribution in [2.75, 3.05) is 18.4 Å². The van der Waals surface area contributed by atoms with Crippen molar-refractivity contribution < 1.29 is 4.79 Å². The van der Waals surface area contributed by atoms with Crippen LogP contribution in [-0.4, -0.2) is 24.0 Å². The Morgan fingerprint density at radius 3 is 2.71 bits per heavy atom. The first-order chi connectivity index (χ1) is 11.5. The number of carbonyl (C=O) groups excluding carboxylic acids is 1. The molecule has 0 aliphatic heterocycles. The van der Waals surface area contributed by atoms with Gasteiger partial charge in [0.2, 0.25) is 0 Å². The van der Waals surface area contributed by atoms with Gasteiger partial charge in [0.1, 0.15) is 5.69 Å². The summed E-state index contributed by atoms with van der Waals surface area (Å²) < 4.78 is 0. The van der Waals surface area contributed by atoms with Gasteiger partial charge in [0.05, 0.1) is 0 Å². The van der Waals surface area contributed by atoms with Crippen molar-refractivity contribution in [2.24, 2.45) is 5.92 Å². The lowest BCUT2D eigenvalue weighted by Gasteiger charge is -2.10. The average molecular weight is 366 g/mol. The van der Waals surface area contributed by atoms with Crippen molar-refractivity contribution >= 4 is 34.8 Å². The molecule has 0 unspecified atom stereocenters. The van der Waals surface area contributed by atoms with Crippen molar-refractivity contribution in [3.63, 3.8) is 0 Å². The summed E-state index contributed by atoms with van der Waals surface area (Å²) in [6.45, 7) is 5.42. The molecule has 2 rings (SSSR count). The Morgan fingerprint density at radius 2 is 2.00 bits per heavy atom. The van der Waals surface area contributed by atoms with Gasteiger partial charge in [-0.25, -0.2) is 0 Å². The molecule has 6 heteroatoms. The Bertz CT molecular complexity index is 704. The van der Waals surface area contributed by atoms with Gasteiger partial charge in [0, 0.05) is 35.0 Å². The van der Waals surface area contributed by atoms with Crippen LogP contribution in [-0.2, 0) is 6.42 Å². The number of amides is 1. The average Bonchev–Trinajstić information content (AvgIpc) is 2.55. The van der Waals surface area contributed by atoms with E-state index in [0.29, 0.717) is 34.7 Å². The lowest BCUT2D eigenvalue weighted by Crippen LogP contribution is -2.28. The van der Waals surface area contributed by atoms with E-state index in [-0.39, 0.29) is 5.91 Å². The monoisotopic (exact) mass is 365 g/mol. The third-order valence-electron chi connectivity index (χ3n) is 3.40. The Labute approximate surface area is 152 Å². The molecule has 0 spiro atoms. The van der Waals surface area contributed by atoms with Crippen LogP contribution in [0.2, 0.25) is 10.0 Å². The molecule has 128 valence electrons. The number of hydrogen-bond donors (Lipinski definition) is 2. The number of hydrogen-bond acceptors (Lipinski definition) is 3. The second-order valence-electron chi connectivity index (χ2n) is 5.95. The van der Waals surface area contributed by atoms with Crippen LogP contribution < -0.4 is 10.6 Å². The van der Waals surface area contributed by atoms with Gasteiger partial charge in [-0.1, -0.05) is 43.1 Å². The van der Waals surface area contributed by atoms with E-state index < -0.39 is 0 Å². The highest BCUT2D eigenvalue weighted by Gasteiger charge is 2.08. The lowest BCUT2D eigenvalue weighted by atomic mass is 10.1. The highest BCUT2D eigenvalue weighted by molar-refractivity contribution is 6.35. The van der Waals surface area contributed by atoms with E-state index >= 15 is 0 Å². The number of anilines is 1. The second kappa shape index (κ2) is 8.90. The standard InChI is InChI=1S/C18H21Cl2N3O/c1-12(2)11-23-18(24)17-10-15(6-8-22-17)21-7-5-13-3-4-14(19)9-16(13)20/h3-4,6,8-10,12H,5,7,11H2,1-2H3,(H,21,22)(H,23,24). The van der Waals surface area contributed by atoms with Gasteiger partial charge in [0.25, 0.3) is 5.91 Å². The third-order valence-corrected chi connectivity index (χ3v) is 3.99. The maximum absolute atomic E-state index is 12.0. The second-order valence-corrected chi connectivity index (χ2v) is 6.79. The maximum Gasteiger partial charge on any atom is 0.269 e. The fourth-order valence-electron chi connectivity index (χ4n) is 2.12. The van der Waals surface area contributed by atoms with Gasteiger partial charge in [0.15, 0.2) is 0 Å². The van der Waals surface area contributed by atoms with E-state index in [1.165, 1.54) is 0 Å². The summed E-state index contributed by atoms with van der Waals surface area (Å²) in [5, 5.41) is 7.43. The normalized spacial score (nSPS) is 10.7. The molecule has 0 saturated heterocycles. The van der Waals surface area contributed by atoms with E-state index in [2.05, 4.69) is 15.6 Å². The molecule has 0 atom stereocenters. The largest absolute Gasteiger partial charge is 0.385 e. The first-order valence-electron chi connectivity index (χ1n) is 7.87. The minimum atomic E-state index is -0.159. The first-order valence-corrected chi connectivity index (χ1v) is 8.63. The van der Waals surface area contributed by atoms with Crippen molar-refractivity contribution in [1.82, 2.24) is 10.3 Å². The van der Waals surface area contributed by atoms with Crippen LogP contribution in [0.4, 0.5) is 5.69 Å². The number of rotatable bonds is 7. The van der Waals surface area contributed by atoms with Crippen LogP contribution in [0.5, 0.6) is 0 Å². The van der Waals surface area contributed by atoms with Gasteiger partial charge < -0.3 is 10.6 Å². The predicted molar refractivity (Wildman–Crippen MR) is 100 cm³/mol. The summed E-state index contributed by atoms with van der Waals surface area (Å²) in [7, 11) is 0. The quantitative estimate of drug-likeness (QED) is 0.762. The van der Waals surface area contributed by atoms with Crippen LogP contribution in [0.25, 0.3) is 0 Å². The number of nitrogens with zero attached hydrogens (tertiary/aromatic N) is 1. The molecule has 0 aliphatic carbocycles. The molecule has 1 aromatic carbocycles. The van der Waals surface area contributed by atoms with Gasteiger partial charge in [-0.15, -0.1) is 0 Å². The Balaban J connectivity index is 1.91. The van der Waals surface area contributed by atoms with E-state index in [9.17, 15) is 4.79 Å². The molecule has 4 nitrogen and oxygen atoms in total. The highest BCUT2D eigenvalue weighted by Crippen LogP contribution is 2.21. The Hall–Kier alpha value is -1.78. The molecule has 2 N–H and O–H groups in total. The lowest BCUT2D eigenvalue weighted by molar-refractivity contribution is 0.0944. The van der Waals surface area contributed by atoms with E-state index in [1.807, 2.05) is 32.0 Å². The maximum atomic E-state index is 12.0. The van der Waals surface area contributed by atoms with Gasteiger partial charge in [-0.05, 0) is 42.2 Å². The Kier molecular flexibility index (Phi) is 6.88. The molecule has 0 fully saturated rings. The van der Waals surface area contributed by atoms with Crippen molar-refractivity contribution in [1.29, 1.82) is 0 Å². The zero-order valence-corrected chi connectivity index (χ0v) is 15.3. The molecule has 24 heavy (non-hydrogen) atoms. The van der Waals surface area contributed by atoms with Crippen LogP contribution in [0.3, 0.4) is 0 Å². The first kappa shape index (κ1) is 18.6. The SMILES string of the molecule is CC(C)CNC(=O)c1cc(NCCc2ccc(Cl)cc2Cl)ccn1. The summed E-state index contributed by atoms with van der Waals surface area (Å²) in [5.41, 5.74) is 2.28. The molecule has 1 aromatic heterocycles. The van der Waals surface area contributed by atoms with Gasteiger partial charge in [-0.3, -0.25) is 9.78 Å². The van der Waals surface area contributed by atoms with Crippen molar-refractivity contribution in [2.45, 2.75) is 20.3 Å². The number of benzene rings is 1. The summed E-state index contributed by atoms with van der Waals surface area (Å²) in [6.07, 6.45) is 2.38. The Morgan fingerprint density at radius 1 is 1.21 bits per heavy atom. The minimum Gasteiger partial charge on any atom is -0.385 e. The van der Waals surface area contributed by atoms with Crippen LogP contribution in [0, 0.1) is 5.92 Å². The molecule has 0 aliphatic rings. The number of carbonyl (C=O) groups is 1. The van der Waals surface area contributed by atoms with E-state index in [0.717, 1.165) is 17.7 Å². The van der Waals surface area contributed by atoms with E-state index in [4.69, 9.17) is 23.2 Å². The van der Waals surface area contributed by atoms with Crippen molar-refractivity contribution in [3.8, 4) is 0 Å². The number of halogens is 2. The zero-order chi connectivity index (χ0) is 17.5. The summed E-state index contributed by atoms with van der Waals surface area (Å²) in [6, 6.07) is 9.07. The van der Waals surface area contributed by atoms with Crippen LogP contribution in [0.1, 0.15) is 29.9 Å². The predicted octanol–water partition coefficient (Wildman–Crippen LogP) is 4.43. The van der Waals surface area contributed by atoms with Crippen molar-refractivity contribution in [3.05, 3.63) is 57.8 Å². The van der Waals surface area contributed by atoms with Crippen LogP contribution >= 0.6 is 23.2 Å². The third kappa shape index (κ3) is 5.69. The molecule has 2 aromatic rings. The molecule has 0 radical (unpaired) electrons. The fourth-order valence-corrected chi connectivity index (χ4v) is 2.62. The minimum absolute atomic E-state index is 0.159.